The molecule has 0 saturated carbocycles. The van der Waals surface area contributed by atoms with E-state index in [2.05, 4.69) is 0 Å². The van der Waals surface area contributed by atoms with Crippen molar-refractivity contribution in [2.75, 3.05) is 19.7 Å². The summed E-state index contributed by atoms with van der Waals surface area (Å²) < 4.78 is 32.6. The average Bonchev–Trinajstić information content (AvgIpc) is 2.71. The van der Waals surface area contributed by atoms with Gasteiger partial charge in [-0.15, -0.1) is 0 Å². The SMILES string of the molecule is CC1CC(C)CN(S(=O)(=O)c2cccc(C(=O)OCC(=O)c3cccc(Cl)c3)c2)C1. The minimum Gasteiger partial charge on any atom is -0.454 e. The molecule has 1 aliphatic heterocycles. The molecule has 2 aromatic rings. The van der Waals surface area contributed by atoms with Crippen molar-refractivity contribution in [1.82, 2.24) is 4.31 Å². The van der Waals surface area contributed by atoms with Gasteiger partial charge in [-0.3, -0.25) is 4.79 Å². The Hall–Kier alpha value is -2.22. The molecule has 1 heterocycles. The number of rotatable bonds is 6. The lowest BCUT2D eigenvalue weighted by Crippen LogP contribution is -2.42. The van der Waals surface area contributed by atoms with Gasteiger partial charge in [0, 0.05) is 23.7 Å². The van der Waals surface area contributed by atoms with E-state index in [9.17, 15) is 18.0 Å². The first-order valence-electron chi connectivity index (χ1n) is 9.73. The molecule has 160 valence electrons. The minimum absolute atomic E-state index is 0.0411. The van der Waals surface area contributed by atoms with Crippen molar-refractivity contribution >= 4 is 33.4 Å². The lowest BCUT2D eigenvalue weighted by Gasteiger charge is -2.34. The second kappa shape index (κ2) is 9.29. The number of carbonyl (C=O) groups is 2. The van der Waals surface area contributed by atoms with Crippen LogP contribution in [0.25, 0.3) is 0 Å². The lowest BCUT2D eigenvalue weighted by molar-refractivity contribution is 0.0474. The maximum atomic E-state index is 13.0. The van der Waals surface area contributed by atoms with Gasteiger partial charge < -0.3 is 4.74 Å². The first-order valence-corrected chi connectivity index (χ1v) is 11.5. The summed E-state index contributed by atoms with van der Waals surface area (Å²) in [7, 11) is -3.72. The Kier molecular flexibility index (Phi) is 6.95. The van der Waals surface area contributed by atoms with Crippen molar-refractivity contribution in [2.45, 2.75) is 25.2 Å². The Morgan fingerprint density at radius 1 is 1.03 bits per heavy atom. The molecular weight excluding hydrogens is 426 g/mol. The van der Waals surface area contributed by atoms with E-state index in [1.807, 2.05) is 13.8 Å². The van der Waals surface area contributed by atoms with Gasteiger partial charge in [0.15, 0.2) is 12.4 Å². The number of Topliss-reactive ketones (excluding diaryl/α,β-unsaturated/α-hetero) is 1. The van der Waals surface area contributed by atoms with Crippen LogP contribution in [0.5, 0.6) is 0 Å². The van der Waals surface area contributed by atoms with Crippen LogP contribution in [0, 0.1) is 11.8 Å². The lowest BCUT2D eigenvalue weighted by atomic mass is 9.94. The van der Waals surface area contributed by atoms with Crippen molar-refractivity contribution in [2.24, 2.45) is 11.8 Å². The number of esters is 1. The highest BCUT2D eigenvalue weighted by Gasteiger charge is 2.32. The Morgan fingerprint density at radius 3 is 2.33 bits per heavy atom. The molecular formula is C22H24ClNO5S. The van der Waals surface area contributed by atoms with E-state index in [1.54, 1.807) is 18.2 Å². The Labute approximate surface area is 181 Å². The molecule has 0 aromatic heterocycles. The summed E-state index contributed by atoms with van der Waals surface area (Å²) in [4.78, 5) is 24.6. The van der Waals surface area contributed by atoms with Crippen LogP contribution in [-0.4, -0.2) is 44.2 Å². The number of piperidine rings is 1. The maximum absolute atomic E-state index is 13.0. The molecule has 2 aromatic carbocycles. The summed E-state index contributed by atoms with van der Waals surface area (Å²) in [6.45, 7) is 4.51. The van der Waals surface area contributed by atoms with Crippen LogP contribution in [0.1, 0.15) is 41.0 Å². The molecule has 0 bridgehead atoms. The van der Waals surface area contributed by atoms with Gasteiger partial charge in [0.2, 0.25) is 10.0 Å². The molecule has 0 N–H and O–H groups in total. The van der Waals surface area contributed by atoms with E-state index in [1.165, 1.54) is 34.6 Å². The van der Waals surface area contributed by atoms with E-state index in [-0.39, 0.29) is 22.3 Å². The van der Waals surface area contributed by atoms with Crippen molar-refractivity contribution in [3.05, 3.63) is 64.7 Å². The monoisotopic (exact) mass is 449 g/mol. The summed E-state index contributed by atoms with van der Waals surface area (Å²) in [6, 6.07) is 12.1. The zero-order chi connectivity index (χ0) is 21.9. The van der Waals surface area contributed by atoms with Crippen LogP contribution in [0.2, 0.25) is 5.02 Å². The number of halogens is 1. The third kappa shape index (κ3) is 5.28. The van der Waals surface area contributed by atoms with Crippen molar-refractivity contribution in [3.8, 4) is 0 Å². The number of ether oxygens (including phenoxy) is 1. The number of carbonyl (C=O) groups excluding carboxylic acids is 2. The van der Waals surface area contributed by atoms with Gasteiger partial charge >= 0.3 is 5.97 Å². The molecule has 0 spiro atoms. The number of nitrogens with zero attached hydrogens (tertiary/aromatic N) is 1. The summed E-state index contributed by atoms with van der Waals surface area (Å²) in [5.74, 6) is -0.614. The zero-order valence-corrected chi connectivity index (χ0v) is 18.4. The first kappa shape index (κ1) is 22.5. The van der Waals surface area contributed by atoms with Crippen molar-refractivity contribution < 1.29 is 22.7 Å². The van der Waals surface area contributed by atoms with Crippen LogP contribution in [-0.2, 0) is 14.8 Å². The van der Waals surface area contributed by atoms with E-state index < -0.39 is 28.4 Å². The highest BCUT2D eigenvalue weighted by molar-refractivity contribution is 7.89. The number of hydrogen-bond donors (Lipinski definition) is 0. The second-order valence-corrected chi connectivity index (χ2v) is 10.2. The fraction of sp³-hybridized carbons (Fsp3) is 0.364. The van der Waals surface area contributed by atoms with Gasteiger partial charge in [0.25, 0.3) is 0 Å². The average molecular weight is 450 g/mol. The molecule has 2 unspecified atom stereocenters. The predicted molar refractivity (Wildman–Crippen MR) is 114 cm³/mol. The van der Waals surface area contributed by atoms with Crippen LogP contribution >= 0.6 is 11.6 Å². The number of hydrogen-bond acceptors (Lipinski definition) is 5. The molecule has 0 aliphatic carbocycles. The Bertz CT molecular complexity index is 1040. The maximum Gasteiger partial charge on any atom is 0.338 e. The van der Waals surface area contributed by atoms with E-state index in [0.717, 1.165) is 6.42 Å². The molecule has 0 amide bonds. The molecule has 1 saturated heterocycles. The fourth-order valence-corrected chi connectivity index (χ4v) is 5.61. The number of benzene rings is 2. The van der Waals surface area contributed by atoms with Gasteiger partial charge in [0.05, 0.1) is 10.5 Å². The van der Waals surface area contributed by atoms with Crippen LogP contribution < -0.4 is 0 Å². The zero-order valence-electron chi connectivity index (χ0n) is 16.9. The molecule has 0 radical (unpaired) electrons. The van der Waals surface area contributed by atoms with E-state index >= 15 is 0 Å². The highest BCUT2D eigenvalue weighted by atomic mass is 35.5. The van der Waals surface area contributed by atoms with Gasteiger partial charge in [-0.25, -0.2) is 13.2 Å². The molecule has 8 heteroatoms. The topological polar surface area (TPSA) is 80.8 Å². The second-order valence-electron chi connectivity index (χ2n) is 7.81. The molecule has 2 atom stereocenters. The van der Waals surface area contributed by atoms with Crippen LogP contribution in [0.3, 0.4) is 0 Å². The van der Waals surface area contributed by atoms with Gasteiger partial charge in [-0.2, -0.15) is 4.31 Å². The molecule has 1 fully saturated rings. The van der Waals surface area contributed by atoms with E-state index in [4.69, 9.17) is 16.3 Å². The standard InChI is InChI=1S/C22H24ClNO5S/c1-15-9-16(2)13-24(12-15)30(27,28)20-8-4-6-18(11-20)22(26)29-14-21(25)17-5-3-7-19(23)10-17/h3-8,10-11,15-16H,9,12-14H2,1-2H3. The van der Waals surface area contributed by atoms with Crippen LogP contribution in [0.15, 0.2) is 53.4 Å². The number of ketones is 1. The minimum atomic E-state index is -3.72. The normalized spacial score (nSPS) is 20.0. The summed E-state index contributed by atoms with van der Waals surface area (Å²) in [5, 5.41) is 0.409. The van der Waals surface area contributed by atoms with Gasteiger partial charge in [-0.05, 0) is 48.6 Å². The molecule has 6 nitrogen and oxygen atoms in total. The van der Waals surface area contributed by atoms with E-state index in [0.29, 0.717) is 23.7 Å². The third-order valence-electron chi connectivity index (χ3n) is 5.02. The number of sulfonamides is 1. The summed E-state index contributed by atoms with van der Waals surface area (Å²) in [6.07, 6.45) is 0.985. The van der Waals surface area contributed by atoms with Crippen molar-refractivity contribution in [3.63, 3.8) is 0 Å². The molecule has 3 rings (SSSR count). The smallest absolute Gasteiger partial charge is 0.338 e. The Morgan fingerprint density at radius 2 is 1.67 bits per heavy atom. The van der Waals surface area contributed by atoms with Gasteiger partial charge in [-0.1, -0.05) is 43.6 Å². The molecule has 1 aliphatic rings. The Balaban J connectivity index is 1.71. The summed E-state index contributed by atoms with van der Waals surface area (Å²) >= 11 is 5.87. The largest absolute Gasteiger partial charge is 0.454 e. The first-order chi connectivity index (χ1) is 14.2. The predicted octanol–water partition coefficient (Wildman–Crippen LogP) is 4.05. The van der Waals surface area contributed by atoms with Gasteiger partial charge in [0.1, 0.15) is 0 Å². The highest BCUT2D eigenvalue weighted by Crippen LogP contribution is 2.27. The van der Waals surface area contributed by atoms with Crippen LogP contribution in [0.4, 0.5) is 0 Å². The van der Waals surface area contributed by atoms with Crippen molar-refractivity contribution in [1.29, 1.82) is 0 Å². The summed E-state index contributed by atoms with van der Waals surface area (Å²) in [5.41, 5.74) is 0.410. The third-order valence-corrected chi connectivity index (χ3v) is 7.09. The molecule has 30 heavy (non-hydrogen) atoms. The quantitative estimate of drug-likeness (QED) is 0.491. The fourth-order valence-electron chi connectivity index (χ4n) is 3.69.